The van der Waals surface area contributed by atoms with Crippen molar-refractivity contribution in [3.05, 3.63) is 29.8 Å². The van der Waals surface area contributed by atoms with Crippen LogP contribution in [-0.2, 0) is 4.79 Å². The van der Waals surface area contributed by atoms with Gasteiger partial charge < -0.3 is 22.1 Å². The third kappa shape index (κ3) is 5.87. The van der Waals surface area contributed by atoms with E-state index in [0.29, 0.717) is 12.1 Å². The van der Waals surface area contributed by atoms with Crippen LogP contribution in [0.25, 0.3) is 0 Å². The number of hydrogen-bond acceptors (Lipinski definition) is 3. The molecule has 0 radical (unpaired) electrons. The topological polar surface area (TPSA) is 110 Å². The Kier molecular flexibility index (Phi) is 5.81. The number of benzene rings is 1. The molecule has 0 aliphatic heterocycles. The second-order valence-electron chi connectivity index (χ2n) is 4.36. The standard InChI is InChI=1S/C13H20N4O2/c1-9(16-8-2-3-12(14)18)10-4-6-11(7-5-10)17-13(15)19/h4-7,9,16H,2-3,8H2,1H3,(H2,14,18)(H3,15,17,19). The molecule has 0 aromatic heterocycles. The number of nitrogens with two attached hydrogens (primary N) is 2. The first-order chi connectivity index (χ1) is 8.99. The molecule has 0 spiro atoms. The van der Waals surface area contributed by atoms with Gasteiger partial charge in [-0.25, -0.2) is 4.79 Å². The van der Waals surface area contributed by atoms with Crippen LogP contribution in [0.4, 0.5) is 10.5 Å². The molecule has 0 heterocycles. The molecule has 104 valence electrons. The van der Waals surface area contributed by atoms with Gasteiger partial charge in [0, 0.05) is 18.2 Å². The molecular weight excluding hydrogens is 244 g/mol. The van der Waals surface area contributed by atoms with Crippen molar-refractivity contribution in [3.8, 4) is 0 Å². The van der Waals surface area contributed by atoms with Crippen LogP contribution >= 0.6 is 0 Å². The molecule has 0 aliphatic rings. The highest BCUT2D eigenvalue weighted by Gasteiger charge is 2.05. The Morgan fingerprint density at radius 2 is 1.84 bits per heavy atom. The normalized spacial score (nSPS) is 11.8. The van der Waals surface area contributed by atoms with E-state index >= 15 is 0 Å². The third-order valence-electron chi connectivity index (χ3n) is 2.73. The van der Waals surface area contributed by atoms with Gasteiger partial charge in [0.2, 0.25) is 5.91 Å². The maximum atomic E-state index is 10.7. The summed E-state index contributed by atoms with van der Waals surface area (Å²) in [6.45, 7) is 2.76. The summed E-state index contributed by atoms with van der Waals surface area (Å²) < 4.78 is 0. The Labute approximate surface area is 112 Å². The molecule has 3 amide bonds. The van der Waals surface area contributed by atoms with Crippen LogP contribution in [0.15, 0.2) is 24.3 Å². The van der Waals surface area contributed by atoms with E-state index in [4.69, 9.17) is 11.5 Å². The minimum absolute atomic E-state index is 0.163. The molecule has 0 saturated heterocycles. The molecule has 6 N–H and O–H groups in total. The Hall–Kier alpha value is -2.08. The number of urea groups is 1. The lowest BCUT2D eigenvalue weighted by molar-refractivity contribution is -0.118. The monoisotopic (exact) mass is 264 g/mol. The number of amides is 3. The van der Waals surface area contributed by atoms with E-state index in [1.54, 1.807) is 12.1 Å². The molecule has 6 nitrogen and oxygen atoms in total. The molecule has 0 fully saturated rings. The molecule has 1 aromatic rings. The first kappa shape index (κ1) is 15.0. The van der Waals surface area contributed by atoms with Gasteiger partial charge in [0.1, 0.15) is 0 Å². The minimum Gasteiger partial charge on any atom is -0.370 e. The van der Waals surface area contributed by atoms with Gasteiger partial charge in [-0.2, -0.15) is 0 Å². The third-order valence-corrected chi connectivity index (χ3v) is 2.73. The maximum Gasteiger partial charge on any atom is 0.316 e. The minimum atomic E-state index is -0.578. The van der Waals surface area contributed by atoms with Crippen molar-refractivity contribution in [3.63, 3.8) is 0 Å². The van der Waals surface area contributed by atoms with Crippen LogP contribution in [-0.4, -0.2) is 18.5 Å². The number of carbonyl (C=O) groups excluding carboxylic acids is 2. The first-order valence-corrected chi connectivity index (χ1v) is 6.17. The summed E-state index contributed by atoms with van der Waals surface area (Å²) in [5.41, 5.74) is 11.8. The second-order valence-corrected chi connectivity index (χ2v) is 4.36. The zero-order valence-electron chi connectivity index (χ0n) is 11.0. The SMILES string of the molecule is CC(NCCCC(N)=O)c1ccc(NC(N)=O)cc1. The zero-order valence-corrected chi connectivity index (χ0v) is 11.0. The molecule has 0 bridgehead atoms. The molecule has 0 aliphatic carbocycles. The lowest BCUT2D eigenvalue weighted by Gasteiger charge is -2.14. The highest BCUT2D eigenvalue weighted by Crippen LogP contribution is 2.15. The summed E-state index contributed by atoms with van der Waals surface area (Å²) in [6, 6.07) is 7.00. The van der Waals surface area contributed by atoms with Crippen LogP contribution in [0.5, 0.6) is 0 Å². The molecule has 1 rings (SSSR count). The summed E-state index contributed by atoms with van der Waals surface area (Å²) in [4.78, 5) is 21.3. The van der Waals surface area contributed by atoms with Crippen LogP contribution in [0.3, 0.4) is 0 Å². The van der Waals surface area contributed by atoms with Gasteiger partial charge in [-0.1, -0.05) is 12.1 Å². The summed E-state index contributed by atoms with van der Waals surface area (Å²) in [7, 11) is 0. The summed E-state index contributed by atoms with van der Waals surface area (Å²) >= 11 is 0. The van der Waals surface area contributed by atoms with E-state index in [2.05, 4.69) is 10.6 Å². The van der Waals surface area contributed by atoms with E-state index in [1.807, 2.05) is 19.1 Å². The smallest absolute Gasteiger partial charge is 0.316 e. The van der Waals surface area contributed by atoms with E-state index < -0.39 is 6.03 Å². The van der Waals surface area contributed by atoms with Crippen molar-refractivity contribution in [1.82, 2.24) is 5.32 Å². The molecule has 0 saturated carbocycles. The van der Waals surface area contributed by atoms with E-state index in [1.165, 1.54) is 0 Å². The number of nitrogens with one attached hydrogen (secondary N) is 2. The Balaban J connectivity index is 2.41. The van der Waals surface area contributed by atoms with Gasteiger partial charge in [0.15, 0.2) is 0 Å². The van der Waals surface area contributed by atoms with Crippen LogP contribution in [0, 0.1) is 0 Å². The summed E-state index contributed by atoms with van der Waals surface area (Å²) in [6.07, 6.45) is 1.11. The molecule has 1 aromatic carbocycles. The van der Waals surface area contributed by atoms with Crippen molar-refractivity contribution in [2.24, 2.45) is 11.5 Å². The van der Waals surface area contributed by atoms with E-state index in [9.17, 15) is 9.59 Å². The van der Waals surface area contributed by atoms with E-state index in [0.717, 1.165) is 18.5 Å². The van der Waals surface area contributed by atoms with E-state index in [-0.39, 0.29) is 11.9 Å². The predicted molar refractivity (Wildman–Crippen MR) is 74.5 cm³/mol. The Bertz CT molecular complexity index is 431. The number of anilines is 1. The highest BCUT2D eigenvalue weighted by molar-refractivity contribution is 5.87. The highest BCUT2D eigenvalue weighted by atomic mass is 16.2. The predicted octanol–water partition coefficient (Wildman–Crippen LogP) is 1.09. The lowest BCUT2D eigenvalue weighted by Crippen LogP contribution is -2.22. The van der Waals surface area contributed by atoms with Crippen LogP contribution < -0.4 is 22.1 Å². The molecule has 19 heavy (non-hydrogen) atoms. The number of rotatable bonds is 7. The van der Waals surface area contributed by atoms with Crippen LogP contribution in [0.2, 0.25) is 0 Å². The fourth-order valence-corrected chi connectivity index (χ4v) is 1.70. The molecule has 1 unspecified atom stereocenters. The fraction of sp³-hybridized carbons (Fsp3) is 0.385. The molecular formula is C13H20N4O2. The first-order valence-electron chi connectivity index (χ1n) is 6.17. The van der Waals surface area contributed by atoms with Crippen molar-refractivity contribution in [2.45, 2.75) is 25.8 Å². The summed E-state index contributed by atoms with van der Waals surface area (Å²) in [5.74, 6) is -0.281. The van der Waals surface area contributed by atoms with Gasteiger partial charge in [-0.3, -0.25) is 4.79 Å². The quantitative estimate of drug-likeness (QED) is 0.553. The van der Waals surface area contributed by atoms with Crippen molar-refractivity contribution < 1.29 is 9.59 Å². The van der Waals surface area contributed by atoms with Crippen molar-refractivity contribution in [2.75, 3.05) is 11.9 Å². The molecule has 6 heteroatoms. The van der Waals surface area contributed by atoms with Gasteiger partial charge >= 0.3 is 6.03 Å². The van der Waals surface area contributed by atoms with Gasteiger partial charge in [0.25, 0.3) is 0 Å². The Morgan fingerprint density at radius 1 is 1.21 bits per heavy atom. The average Bonchev–Trinajstić information content (AvgIpc) is 2.34. The number of hydrogen-bond donors (Lipinski definition) is 4. The van der Waals surface area contributed by atoms with Gasteiger partial charge in [-0.05, 0) is 37.6 Å². The van der Waals surface area contributed by atoms with Gasteiger partial charge in [0.05, 0.1) is 0 Å². The zero-order chi connectivity index (χ0) is 14.3. The summed E-state index contributed by atoms with van der Waals surface area (Å²) in [5, 5.41) is 5.80. The Morgan fingerprint density at radius 3 is 2.37 bits per heavy atom. The van der Waals surface area contributed by atoms with Crippen molar-refractivity contribution >= 4 is 17.6 Å². The van der Waals surface area contributed by atoms with Crippen molar-refractivity contribution in [1.29, 1.82) is 0 Å². The number of primary amides is 2. The average molecular weight is 264 g/mol. The number of carbonyl (C=O) groups is 2. The lowest BCUT2D eigenvalue weighted by atomic mass is 10.1. The largest absolute Gasteiger partial charge is 0.370 e. The van der Waals surface area contributed by atoms with Gasteiger partial charge in [-0.15, -0.1) is 0 Å². The second kappa shape index (κ2) is 7.38. The fourth-order valence-electron chi connectivity index (χ4n) is 1.70. The van der Waals surface area contributed by atoms with Crippen LogP contribution in [0.1, 0.15) is 31.4 Å². The molecule has 1 atom stereocenters. The maximum absolute atomic E-state index is 10.7.